The van der Waals surface area contributed by atoms with Gasteiger partial charge in [0.25, 0.3) is 0 Å². The van der Waals surface area contributed by atoms with Gasteiger partial charge in [0.1, 0.15) is 0 Å². The van der Waals surface area contributed by atoms with E-state index < -0.39 is 0 Å². The molecule has 1 heteroatoms. The van der Waals surface area contributed by atoms with E-state index in [1.807, 2.05) is 12.3 Å². The zero-order valence-corrected chi connectivity index (χ0v) is 10.9. The van der Waals surface area contributed by atoms with Gasteiger partial charge in [-0.2, -0.15) is 0 Å². The fraction of sp³-hybridized carbons (Fsp3) is 0.235. The van der Waals surface area contributed by atoms with Crippen molar-refractivity contribution in [1.82, 2.24) is 4.98 Å². The fourth-order valence-corrected chi connectivity index (χ4v) is 2.57. The topological polar surface area (TPSA) is 12.9 Å². The Hall–Kier alpha value is -1.89. The quantitative estimate of drug-likeness (QED) is 0.575. The Morgan fingerprint density at radius 2 is 1.78 bits per heavy atom. The molecule has 0 saturated carbocycles. The van der Waals surface area contributed by atoms with Gasteiger partial charge in [-0.3, -0.25) is 4.98 Å². The molecule has 1 heterocycles. The number of benzene rings is 2. The highest BCUT2D eigenvalue weighted by Crippen LogP contribution is 2.32. The molecule has 3 aromatic rings. The molecular weight excluding hydrogens is 218 g/mol. The third-order valence-electron chi connectivity index (χ3n) is 3.79. The van der Waals surface area contributed by atoms with E-state index >= 15 is 0 Å². The Labute approximate surface area is 107 Å². The Bertz CT molecular complexity index is 700. The first-order valence-electron chi connectivity index (χ1n) is 6.57. The van der Waals surface area contributed by atoms with E-state index in [0.29, 0.717) is 5.92 Å². The van der Waals surface area contributed by atoms with E-state index in [4.69, 9.17) is 0 Å². The maximum atomic E-state index is 4.59. The van der Waals surface area contributed by atoms with Crippen molar-refractivity contribution < 1.29 is 0 Å². The van der Waals surface area contributed by atoms with Crippen LogP contribution in [-0.2, 0) is 0 Å². The van der Waals surface area contributed by atoms with Crippen LogP contribution in [-0.4, -0.2) is 4.98 Å². The first-order valence-corrected chi connectivity index (χ1v) is 6.57. The highest BCUT2D eigenvalue weighted by Gasteiger charge is 2.10. The molecular formula is C17H17N. The van der Waals surface area contributed by atoms with Crippen LogP contribution in [0, 0.1) is 0 Å². The second-order valence-corrected chi connectivity index (χ2v) is 4.90. The summed E-state index contributed by atoms with van der Waals surface area (Å²) in [6.45, 7) is 4.53. The number of aromatic nitrogens is 1. The van der Waals surface area contributed by atoms with Crippen LogP contribution in [0.15, 0.2) is 48.7 Å². The third-order valence-corrected chi connectivity index (χ3v) is 3.79. The molecule has 0 aliphatic carbocycles. The normalized spacial score (nSPS) is 13.0. The Morgan fingerprint density at radius 3 is 2.61 bits per heavy atom. The van der Waals surface area contributed by atoms with E-state index in [1.165, 1.54) is 21.7 Å². The molecule has 0 amide bonds. The summed E-state index contributed by atoms with van der Waals surface area (Å²) in [6.07, 6.45) is 3.04. The molecule has 0 radical (unpaired) electrons. The lowest BCUT2D eigenvalue weighted by molar-refractivity contribution is 0.740. The summed E-state index contributed by atoms with van der Waals surface area (Å²) in [5.74, 6) is 0.571. The van der Waals surface area contributed by atoms with Gasteiger partial charge in [0.2, 0.25) is 0 Å². The predicted molar refractivity (Wildman–Crippen MR) is 78.0 cm³/mol. The smallest absolute Gasteiger partial charge is 0.0783 e. The maximum Gasteiger partial charge on any atom is 0.0783 e. The van der Waals surface area contributed by atoms with Gasteiger partial charge in [0.05, 0.1) is 5.52 Å². The molecule has 0 saturated heterocycles. The van der Waals surface area contributed by atoms with Gasteiger partial charge in [-0.05, 0) is 29.4 Å². The van der Waals surface area contributed by atoms with E-state index in [2.05, 4.69) is 55.2 Å². The average Bonchev–Trinajstić information content (AvgIpc) is 2.45. The number of rotatable bonds is 2. The van der Waals surface area contributed by atoms with Crippen molar-refractivity contribution >= 4 is 21.7 Å². The summed E-state index contributed by atoms with van der Waals surface area (Å²) in [5, 5.41) is 3.84. The molecule has 1 unspecified atom stereocenters. The zero-order valence-electron chi connectivity index (χ0n) is 10.9. The van der Waals surface area contributed by atoms with Crippen molar-refractivity contribution in [2.24, 2.45) is 0 Å². The van der Waals surface area contributed by atoms with Crippen LogP contribution in [0.2, 0.25) is 0 Å². The van der Waals surface area contributed by atoms with Crippen molar-refractivity contribution in [3.05, 3.63) is 54.2 Å². The van der Waals surface area contributed by atoms with Crippen LogP contribution in [0.5, 0.6) is 0 Å². The predicted octanol–water partition coefficient (Wildman–Crippen LogP) is 4.90. The summed E-state index contributed by atoms with van der Waals surface area (Å²) >= 11 is 0. The number of fused-ring (bicyclic) bond motifs is 3. The molecule has 0 fully saturated rings. The summed E-state index contributed by atoms with van der Waals surface area (Å²) < 4.78 is 0. The standard InChI is InChI=1S/C17H17N/c1-3-12(2)15-8-4-6-13-9-10-14-7-5-11-18-17(14)16(13)15/h4-12H,3H2,1-2H3. The van der Waals surface area contributed by atoms with Crippen molar-refractivity contribution in [3.63, 3.8) is 0 Å². The average molecular weight is 235 g/mol. The molecule has 1 aromatic heterocycles. The molecule has 0 aliphatic rings. The second-order valence-electron chi connectivity index (χ2n) is 4.90. The molecule has 3 rings (SSSR count). The fourth-order valence-electron chi connectivity index (χ4n) is 2.57. The van der Waals surface area contributed by atoms with Gasteiger partial charge >= 0.3 is 0 Å². The highest BCUT2D eigenvalue weighted by molar-refractivity contribution is 6.07. The molecule has 2 aromatic carbocycles. The van der Waals surface area contributed by atoms with Gasteiger partial charge in [0.15, 0.2) is 0 Å². The lowest BCUT2D eigenvalue weighted by Crippen LogP contribution is -1.94. The van der Waals surface area contributed by atoms with E-state index in [0.717, 1.165) is 11.9 Å². The lowest BCUT2D eigenvalue weighted by Gasteiger charge is -2.14. The number of pyridine rings is 1. The van der Waals surface area contributed by atoms with Gasteiger partial charge in [-0.25, -0.2) is 0 Å². The summed E-state index contributed by atoms with van der Waals surface area (Å²) in [7, 11) is 0. The molecule has 1 atom stereocenters. The first kappa shape index (κ1) is 11.2. The molecule has 0 bridgehead atoms. The largest absolute Gasteiger partial charge is 0.256 e. The van der Waals surface area contributed by atoms with Crippen molar-refractivity contribution in [3.8, 4) is 0 Å². The Kier molecular flexibility index (Phi) is 2.75. The minimum atomic E-state index is 0.571. The van der Waals surface area contributed by atoms with E-state index in [1.54, 1.807) is 0 Å². The molecule has 1 nitrogen and oxygen atoms in total. The molecule has 0 aliphatic heterocycles. The van der Waals surface area contributed by atoms with Crippen molar-refractivity contribution in [2.45, 2.75) is 26.2 Å². The van der Waals surface area contributed by atoms with Gasteiger partial charge < -0.3 is 0 Å². The number of hydrogen-bond acceptors (Lipinski definition) is 1. The second kappa shape index (κ2) is 4.41. The monoisotopic (exact) mass is 235 g/mol. The highest BCUT2D eigenvalue weighted by atomic mass is 14.6. The molecule has 90 valence electrons. The Morgan fingerprint density at radius 1 is 1.00 bits per heavy atom. The van der Waals surface area contributed by atoms with Crippen LogP contribution < -0.4 is 0 Å². The molecule has 18 heavy (non-hydrogen) atoms. The van der Waals surface area contributed by atoms with Gasteiger partial charge in [-0.15, -0.1) is 0 Å². The summed E-state index contributed by atoms with van der Waals surface area (Å²) in [5.41, 5.74) is 2.55. The molecule has 0 spiro atoms. The summed E-state index contributed by atoms with van der Waals surface area (Å²) in [4.78, 5) is 4.59. The van der Waals surface area contributed by atoms with Crippen molar-refractivity contribution in [1.29, 1.82) is 0 Å². The SMILES string of the molecule is CCC(C)c1cccc2ccc3cccnc3c12. The van der Waals surface area contributed by atoms with Crippen molar-refractivity contribution in [2.75, 3.05) is 0 Å². The Balaban J connectivity index is 2.46. The first-order chi connectivity index (χ1) is 8.81. The lowest BCUT2D eigenvalue weighted by atomic mass is 9.91. The van der Waals surface area contributed by atoms with Crippen LogP contribution in [0.25, 0.3) is 21.7 Å². The van der Waals surface area contributed by atoms with Crippen LogP contribution in [0.1, 0.15) is 31.7 Å². The summed E-state index contributed by atoms with van der Waals surface area (Å²) in [6, 6.07) is 15.1. The van der Waals surface area contributed by atoms with Crippen LogP contribution in [0.3, 0.4) is 0 Å². The van der Waals surface area contributed by atoms with Crippen LogP contribution in [0.4, 0.5) is 0 Å². The number of hydrogen-bond donors (Lipinski definition) is 0. The van der Waals surface area contributed by atoms with Gasteiger partial charge in [-0.1, -0.05) is 50.2 Å². The van der Waals surface area contributed by atoms with Crippen LogP contribution >= 0.6 is 0 Å². The maximum absolute atomic E-state index is 4.59. The molecule has 0 N–H and O–H groups in total. The van der Waals surface area contributed by atoms with E-state index in [-0.39, 0.29) is 0 Å². The minimum Gasteiger partial charge on any atom is -0.256 e. The number of nitrogens with zero attached hydrogens (tertiary/aromatic N) is 1. The van der Waals surface area contributed by atoms with Gasteiger partial charge in [0, 0.05) is 17.0 Å². The third kappa shape index (κ3) is 1.67. The minimum absolute atomic E-state index is 0.571. The van der Waals surface area contributed by atoms with E-state index in [9.17, 15) is 0 Å². The zero-order chi connectivity index (χ0) is 12.5.